The van der Waals surface area contributed by atoms with Crippen LogP contribution >= 0.6 is 0 Å². The molecule has 4 N–H and O–H groups in total. The van der Waals surface area contributed by atoms with Crippen LogP contribution in [0.4, 0.5) is 5.82 Å². The molecule has 0 amide bonds. The van der Waals surface area contributed by atoms with Crippen LogP contribution in [0.3, 0.4) is 0 Å². The summed E-state index contributed by atoms with van der Waals surface area (Å²) in [5.74, 6) is 0.953. The van der Waals surface area contributed by atoms with Crippen LogP contribution < -0.4 is 16.4 Å². The van der Waals surface area contributed by atoms with Gasteiger partial charge >= 0.3 is 0 Å². The molecule has 0 radical (unpaired) electrons. The molecular formula is C20H29N5. The van der Waals surface area contributed by atoms with Crippen molar-refractivity contribution < 1.29 is 0 Å². The molecule has 25 heavy (non-hydrogen) atoms. The van der Waals surface area contributed by atoms with E-state index in [0.717, 1.165) is 23.6 Å². The summed E-state index contributed by atoms with van der Waals surface area (Å²) in [6.07, 6.45) is 6.30. The first kappa shape index (κ1) is 18.8. The van der Waals surface area contributed by atoms with E-state index >= 15 is 0 Å². The molecule has 0 spiro atoms. The summed E-state index contributed by atoms with van der Waals surface area (Å²) in [7, 11) is 0. The second-order valence-corrected chi connectivity index (χ2v) is 6.94. The van der Waals surface area contributed by atoms with Gasteiger partial charge in [0.05, 0.1) is 18.1 Å². The van der Waals surface area contributed by atoms with E-state index in [1.54, 1.807) is 6.08 Å². The Bertz CT molecular complexity index is 722. The van der Waals surface area contributed by atoms with Crippen LogP contribution in [0.1, 0.15) is 32.0 Å². The van der Waals surface area contributed by atoms with Gasteiger partial charge in [0.1, 0.15) is 5.82 Å². The summed E-state index contributed by atoms with van der Waals surface area (Å²) in [4.78, 5) is 0. The first-order chi connectivity index (χ1) is 12.0. The molecule has 1 aromatic carbocycles. The number of allylic oxidation sites excluding steroid dienone is 2. The Morgan fingerprint density at radius 1 is 1.28 bits per heavy atom. The highest BCUT2D eigenvalue weighted by Gasteiger charge is 2.20. The van der Waals surface area contributed by atoms with Crippen LogP contribution in [0.25, 0.3) is 5.69 Å². The summed E-state index contributed by atoms with van der Waals surface area (Å²) in [6.45, 7) is 11.4. The van der Waals surface area contributed by atoms with Crippen LogP contribution in [-0.2, 0) is 11.8 Å². The van der Waals surface area contributed by atoms with E-state index in [0.29, 0.717) is 13.2 Å². The smallest absolute Gasteiger partial charge is 0.131 e. The van der Waals surface area contributed by atoms with E-state index in [4.69, 9.17) is 10.8 Å². The molecule has 5 heteroatoms. The van der Waals surface area contributed by atoms with Crippen LogP contribution in [0.15, 0.2) is 55.3 Å². The summed E-state index contributed by atoms with van der Waals surface area (Å²) in [5, 5.41) is 11.4. The Morgan fingerprint density at radius 3 is 2.76 bits per heavy atom. The SMILES string of the molecule is C=C/C=C/NCNc1cc(C(C)(C)C)nn1-c1cccc(CCN)c1. The minimum atomic E-state index is -0.0211. The molecule has 0 bridgehead atoms. The topological polar surface area (TPSA) is 67.9 Å². The lowest BCUT2D eigenvalue weighted by atomic mass is 9.92. The molecule has 0 aliphatic rings. The van der Waals surface area contributed by atoms with Gasteiger partial charge in [0, 0.05) is 11.5 Å². The van der Waals surface area contributed by atoms with Gasteiger partial charge in [-0.15, -0.1) is 0 Å². The van der Waals surface area contributed by atoms with E-state index < -0.39 is 0 Å². The van der Waals surface area contributed by atoms with Crippen LogP contribution in [0.5, 0.6) is 0 Å². The Kier molecular flexibility index (Phi) is 6.42. The highest BCUT2D eigenvalue weighted by molar-refractivity contribution is 5.48. The predicted octanol–water partition coefficient (Wildman–Crippen LogP) is 3.33. The fourth-order valence-corrected chi connectivity index (χ4v) is 2.42. The van der Waals surface area contributed by atoms with Gasteiger partial charge in [0.15, 0.2) is 0 Å². The molecule has 1 aromatic heterocycles. The number of nitrogens with two attached hydrogens (primary N) is 1. The van der Waals surface area contributed by atoms with Crippen molar-refractivity contribution in [3.8, 4) is 5.69 Å². The number of aromatic nitrogens is 2. The molecule has 0 saturated carbocycles. The van der Waals surface area contributed by atoms with Gasteiger partial charge in [-0.05, 0) is 42.9 Å². The van der Waals surface area contributed by atoms with Crippen molar-refractivity contribution in [2.24, 2.45) is 5.73 Å². The number of nitrogens with one attached hydrogen (secondary N) is 2. The highest BCUT2D eigenvalue weighted by atomic mass is 15.3. The van der Waals surface area contributed by atoms with Crippen molar-refractivity contribution in [2.45, 2.75) is 32.6 Å². The van der Waals surface area contributed by atoms with Gasteiger partial charge in [-0.1, -0.05) is 45.6 Å². The maximum Gasteiger partial charge on any atom is 0.131 e. The summed E-state index contributed by atoms with van der Waals surface area (Å²) in [6, 6.07) is 10.5. The van der Waals surface area contributed by atoms with Gasteiger partial charge in [0.2, 0.25) is 0 Å². The van der Waals surface area contributed by atoms with E-state index in [9.17, 15) is 0 Å². The highest BCUT2D eigenvalue weighted by Crippen LogP contribution is 2.26. The molecule has 134 valence electrons. The van der Waals surface area contributed by atoms with Crippen molar-refractivity contribution in [1.82, 2.24) is 15.1 Å². The number of hydrogen-bond acceptors (Lipinski definition) is 4. The predicted molar refractivity (Wildman–Crippen MR) is 106 cm³/mol. The van der Waals surface area contributed by atoms with Gasteiger partial charge in [-0.3, -0.25) is 0 Å². The molecule has 5 nitrogen and oxygen atoms in total. The molecule has 0 atom stereocenters. The maximum absolute atomic E-state index is 5.69. The van der Waals surface area contributed by atoms with Crippen LogP contribution in [-0.4, -0.2) is 23.0 Å². The Balaban J connectivity index is 2.30. The zero-order valence-electron chi connectivity index (χ0n) is 15.4. The number of nitrogens with zero attached hydrogens (tertiary/aromatic N) is 2. The first-order valence-corrected chi connectivity index (χ1v) is 8.60. The molecule has 0 aliphatic heterocycles. The molecular weight excluding hydrogens is 310 g/mol. The monoisotopic (exact) mass is 339 g/mol. The average molecular weight is 339 g/mol. The Morgan fingerprint density at radius 2 is 2.08 bits per heavy atom. The summed E-state index contributed by atoms with van der Waals surface area (Å²) in [5.41, 5.74) is 8.96. The maximum atomic E-state index is 5.69. The first-order valence-electron chi connectivity index (χ1n) is 8.60. The molecule has 2 rings (SSSR count). The van der Waals surface area contributed by atoms with Gasteiger partial charge in [-0.25, -0.2) is 4.68 Å². The van der Waals surface area contributed by atoms with Gasteiger partial charge in [-0.2, -0.15) is 5.10 Å². The second-order valence-electron chi connectivity index (χ2n) is 6.94. The van der Waals surface area contributed by atoms with E-state index in [2.05, 4.69) is 62.2 Å². The second kappa shape index (κ2) is 8.53. The van der Waals surface area contributed by atoms with Crippen molar-refractivity contribution in [3.05, 3.63) is 66.5 Å². The quantitative estimate of drug-likeness (QED) is 0.392. The molecule has 0 saturated heterocycles. The van der Waals surface area contributed by atoms with Crippen LogP contribution in [0, 0.1) is 0 Å². The fourth-order valence-electron chi connectivity index (χ4n) is 2.42. The third kappa shape index (κ3) is 5.22. The largest absolute Gasteiger partial charge is 0.374 e. The van der Waals surface area contributed by atoms with Crippen LogP contribution in [0.2, 0.25) is 0 Å². The molecule has 2 aromatic rings. The van der Waals surface area contributed by atoms with E-state index in [1.807, 2.05) is 23.0 Å². The number of rotatable bonds is 8. The number of benzene rings is 1. The lowest BCUT2D eigenvalue weighted by molar-refractivity contribution is 0.560. The molecule has 1 heterocycles. The zero-order valence-corrected chi connectivity index (χ0v) is 15.4. The van der Waals surface area contributed by atoms with Gasteiger partial charge in [0.25, 0.3) is 0 Å². The van der Waals surface area contributed by atoms with Crippen molar-refractivity contribution >= 4 is 5.82 Å². The summed E-state index contributed by atoms with van der Waals surface area (Å²) >= 11 is 0. The molecule has 0 fully saturated rings. The Labute approximate surface area is 150 Å². The van der Waals surface area contributed by atoms with Crippen molar-refractivity contribution in [2.75, 3.05) is 18.5 Å². The zero-order chi connectivity index (χ0) is 18.3. The standard InChI is InChI=1S/C20H29N5/c1-5-6-12-22-15-23-19-14-18(20(2,3)4)24-25(19)17-9-7-8-16(13-17)10-11-21/h5-9,12-14,22-23H,1,10-11,15,21H2,2-4H3/b12-6+. The molecule has 0 unspecified atom stereocenters. The lowest BCUT2D eigenvalue weighted by Crippen LogP contribution is -2.18. The molecule has 0 aliphatic carbocycles. The van der Waals surface area contributed by atoms with Gasteiger partial charge < -0.3 is 16.4 Å². The average Bonchev–Trinajstić information content (AvgIpc) is 3.00. The van der Waals surface area contributed by atoms with E-state index in [1.165, 1.54) is 5.56 Å². The number of anilines is 1. The van der Waals surface area contributed by atoms with Crippen molar-refractivity contribution in [1.29, 1.82) is 0 Å². The van der Waals surface area contributed by atoms with E-state index in [-0.39, 0.29) is 5.41 Å². The van der Waals surface area contributed by atoms with Crippen molar-refractivity contribution in [3.63, 3.8) is 0 Å². The Hall–Kier alpha value is -2.53. The normalized spacial score (nSPS) is 11.7. The lowest BCUT2D eigenvalue weighted by Gasteiger charge is -2.14. The third-order valence-corrected chi connectivity index (χ3v) is 3.79. The number of hydrogen-bond donors (Lipinski definition) is 3. The third-order valence-electron chi connectivity index (χ3n) is 3.79. The minimum absolute atomic E-state index is 0.0211. The minimum Gasteiger partial charge on any atom is -0.374 e. The fraction of sp³-hybridized carbons (Fsp3) is 0.350. The summed E-state index contributed by atoms with van der Waals surface area (Å²) < 4.78 is 1.96.